The third-order valence-electron chi connectivity index (χ3n) is 3.93. The number of halogens is 3. The molecule has 3 aromatic rings. The van der Waals surface area contributed by atoms with Crippen molar-refractivity contribution >= 4 is 40.4 Å². The summed E-state index contributed by atoms with van der Waals surface area (Å²) in [5.74, 6) is 0. The van der Waals surface area contributed by atoms with E-state index >= 15 is 0 Å². The van der Waals surface area contributed by atoms with Gasteiger partial charge >= 0.3 is 0 Å². The first-order chi connectivity index (χ1) is 11.9. The van der Waals surface area contributed by atoms with Crippen LogP contribution in [-0.4, -0.2) is 19.9 Å². The van der Waals surface area contributed by atoms with E-state index in [0.717, 1.165) is 5.56 Å². The maximum atomic E-state index is 11.6. The van der Waals surface area contributed by atoms with Crippen LogP contribution in [0.5, 0.6) is 0 Å². The average Bonchev–Trinajstić information content (AvgIpc) is 3.07. The van der Waals surface area contributed by atoms with Crippen molar-refractivity contribution in [1.29, 1.82) is 0 Å². The highest BCUT2D eigenvalue weighted by Crippen LogP contribution is 2.40. The van der Waals surface area contributed by atoms with Gasteiger partial charge in [-0.05, 0) is 35.4 Å². The van der Waals surface area contributed by atoms with Crippen molar-refractivity contribution in [2.24, 2.45) is 0 Å². The van der Waals surface area contributed by atoms with Gasteiger partial charge in [-0.25, -0.2) is 9.67 Å². The van der Waals surface area contributed by atoms with E-state index in [1.165, 1.54) is 17.3 Å². The predicted molar refractivity (Wildman–Crippen MR) is 101 cm³/mol. The monoisotopic (exact) mass is 393 g/mol. The fraction of sp³-hybridized carbons (Fsp3) is 0.111. The van der Waals surface area contributed by atoms with E-state index < -0.39 is 5.60 Å². The molecule has 128 valence electrons. The Kier molecular flexibility index (Phi) is 5.16. The van der Waals surface area contributed by atoms with E-state index in [-0.39, 0.29) is 6.54 Å². The van der Waals surface area contributed by atoms with Crippen LogP contribution < -0.4 is 0 Å². The van der Waals surface area contributed by atoms with E-state index in [1.54, 1.807) is 42.5 Å². The van der Waals surface area contributed by atoms with Gasteiger partial charge in [0, 0.05) is 20.6 Å². The Morgan fingerprint density at radius 2 is 1.76 bits per heavy atom. The minimum atomic E-state index is -1.51. The van der Waals surface area contributed by atoms with Gasteiger partial charge in [0.1, 0.15) is 18.3 Å². The molecule has 0 aliphatic carbocycles. The van der Waals surface area contributed by atoms with Crippen LogP contribution >= 0.6 is 34.8 Å². The Morgan fingerprint density at radius 1 is 1.08 bits per heavy atom. The van der Waals surface area contributed by atoms with Gasteiger partial charge in [0.05, 0.1) is 6.54 Å². The van der Waals surface area contributed by atoms with E-state index in [1.807, 2.05) is 0 Å². The second kappa shape index (κ2) is 7.18. The minimum Gasteiger partial charge on any atom is -0.378 e. The molecule has 0 saturated heterocycles. The SMILES string of the molecule is C=C(c1ccc(Cl)cc1)C(O)(Cn1cncn1)c1ccc(Cl)cc1Cl. The fourth-order valence-electron chi connectivity index (χ4n) is 2.61. The molecule has 0 amide bonds. The van der Waals surface area contributed by atoms with E-state index in [0.29, 0.717) is 26.2 Å². The third kappa shape index (κ3) is 3.72. The van der Waals surface area contributed by atoms with Gasteiger partial charge in [-0.1, -0.05) is 59.6 Å². The largest absolute Gasteiger partial charge is 0.378 e. The lowest BCUT2D eigenvalue weighted by molar-refractivity contribution is 0.0767. The number of aliphatic hydroxyl groups is 1. The molecule has 25 heavy (non-hydrogen) atoms. The van der Waals surface area contributed by atoms with Crippen LogP contribution in [0.1, 0.15) is 11.1 Å². The van der Waals surface area contributed by atoms with Crippen LogP contribution in [0.3, 0.4) is 0 Å². The van der Waals surface area contributed by atoms with Crippen molar-refractivity contribution in [3.63, 3.8) is 0 Å². The second-order valence-electron chi connectivity index (χ2n) is 5.56. The molecule has 0 aliphatic heterocycles. The van der Waals surface area contributed by atoms with Gasteiger partial charge < -0.3 is 5.11 Å². The molecule has 4 nitrogen and oxygen atoms in total. The van der Waals surface area contributed by atoms with Crippen molar-refractivity contribution < 1.29 is 5.11 Å². The van der Waals surface area contributed by atoms with Gasteiger partial charge in [0.2, 0.25) is 0 Å². The molecule has 7 heteroatoms. The predicted octanol–water partition coefficient (Wildman–Crippen LogP) is 4.84. The second-order valence-corrected chi connectivity index (χ2v) is 6.84. The number of benzene rings is 2. The van der Waals surface area contributed by atoms with Gasteiger partial charge in [0.25, 0.3) is 0 Å². The van der Waals surface area contributed by atoms with Gasteiger partial charge in [-0.2, -0.15) is 5.10 Å². The molecule has 0 aliphatic rings. The minimum absolute atomic E-state index is 0.0931. The first-order valence-electron chi connectivity index (χ1n) is 7.36. The zero-order chi connectivity index (χ0) is 18.0. The zero-order valence-corrected chi connectivity index (χ0v) is 15.3. The first-order valence-corrected chi connectivity index (χ1v) is 8.49. The Hall–Kier alpha value is -1.85. The summed E-state index contributed by atoms with van der Waals surface area (Å²) in [6.07, 6.45) is 2.92. The number of nitrogens with zero attached hydrogens (tertiary/aromatic N) is 3. The molecular formula is C18H14Cl3N3O. The van der Waals surface area contributed by atoms with Crippen LogP contribution in [0.15, 0.2) is 61.7 Å². The standard InChI is InChI=1S/C18H14Cl3N3O/c1-12(13-2-4-14(19)5-3-13)18(25,9-24-11-22-10-23-24)16-7-6-15(20)8-17(16)21/h2-8,10-11,25H,1,9H2. The molecule has 0 radical (unpaired) electrons. The average molecular weight is 395 g/mol. The van der Waals surface area contributed by atoms with Crippen molar-refractivity contribution in [3.8, 4) is 0 Å². The number of hydrogen-bond acceptors (Lipinski definition) is 3. The van der Waals surface area contributed by atoms with Gasteiger partial charge in [-0.15, -0.1) is 0 Å². The van der Waals surface area contributed by atoms with Crippen LogP contribution in [-0.2, 0) is 12.1 Å². The van der Waals surface area contributed by atoms with Crippen molar-refractivity contribution in [2.45, 2.75) is 12.1 Å². The number of aromatic nitrogens is 3. The molecule has 0 saturated carbocycles. The third-order valence-corrected chi connectivity index (χ3v) is 4.73. The summed E-state index contributed by atoms with van der Waals surface area (Å²) in [5.41, 5.74) is 0.166. The van der Waals surface area contributed by atoms with Crippen molar-refractivity contribution in [3.05, 3.63) is 87.9 Å². The lowest BCUT2D eigenvalue weighted by atomic mass is 9.83. The lowest BCUT2D eigenvalue weighted by Crippen LogP contribution is -2.33. The quantitative estimate of drug-likeness (QED) is 0.673. The summed E-state index contributed by atoms with van der Waals surface area (Å²) < 4.78 is 1.52. The summed E-state index contributed by atoms with van der Waals surface area (Å²) in [7, 11) is 0. The molecule has 0 spiro atoms. The summed E-state index contributed by atoms with van der Waals surface area (Å²) in [5, 5.41) is 17.1. The molecule has 1 unspecified atom stereocenters. The van der Waals surface area contributed by atoms with E-state index in [4.69, 9.17) is 34.8 Å². The number of hydrogen-bond donors (Lipinski definition) is 1. The summed E-state index contributed by atoms with van der Waals surface area (Å²) >= 11 is 18.3. The van der Waals surface area contributed by atoms with Crippen LogP contribution in [0.4, 0.5) is 0 Å². The molecule has 0 bridgehead atoms. The molecular weight excluding hydrogens is 381 g/mol. The fourth-order valence-corrected chi connectivity index (χ4v) is 3.30. The van der Waals surface area contributed by atoms with Crippen LogP contribution in [0.2, 0.25) is 15.1 Å². The Balaban J connectivity index is 2.10. The highest BCUT2D eigenvalue weighted by atomic mass is 35.5. The Labute approximate surface area is 160 Å². The van der Waals surface area contributed by atoms with Gasteiger partial charge in [-0.3, -0.25) is 0 Å². The van der Waals surface area contributed by atoms with E-state index in [9.17, 15) is 5.11 Å². The molecule has 2 aromatic carbocycles. The van der Waals surface area contributed by atoms with Crippen LogP contribution in [0.25, 0.3) is 5.57 Å². The summed E-state index contributed by atoms with van der Waals surface area (Å²) in [4.78, 5) is 3.92. The maximum Gasteiger partial charge on any atom is 0.137 e. The van der Waals surface area contributed by atoms with Crippen LogP contribution in [0, 0.1) is 0 Å². The molecule has 1 atom stereocenters. The smallest absolute Gasteiger partial charge is 0.137 e. The Bertz CT molecular complexity index is 894. The molecule has 1 N–H and O–H groups in total. The first kappa shape index (κ1) is 18.0. The molecule has 3 rings (SSSR count). The topological polar surface area (TPSA) is 50.9 Å². The zero-order valence-electron chi connectivity index (χ0n) is 13.0. The number of rotatable bonds is 5. The molecule has 1 aromatic heterocycles. The van der Waals surface area contributed by atoms with Crippen molar-refractivity contribution in [2.75, 3.05) is 0 Å². The summed E-state index contributed by atoms with van der Waals surface area (Å²) in [6.45, 7) is 4.19. The normalized spacial score (nSPS) is 13.4. The van der Waals surface area contributed by atoms with E-state index in [2.05, 4.69) is 16.7 Å². The lowest BCUT2D eigenvalue weighted by Gasteiger charge is -2.32. The highest BCUT2D eigenvalue weighted by Gasteiger charge is 2.36. The summed E-state index contributed by atoms with van der Waals surface area (Å²) in [6, 6.07) is 12.0. The highest BCUT2D eigenvalue weighted by molar-refractivity contribution is 6.35. The Morgan fingerprint density at radius 3 is 2.36 bits per heavy atom. The maximum absolute atomic E-state index is 11.6. The van der Waals surface area contributed by atoms with Crippen molar-refractivity contribution in [1.82, 2.24) is 14.8 Å². The molecule has 1 heterocycles. The van der Waals surface area contributed by atoms with Gasteiger partial charge in [0.15, 0.2) is 0 Å². The molecule has 0 fully saturated rings.